The fourth-order valence-electron chi connectivity index (χ4n) is 3.10. The summed E-state index contributed by atoms with van der Waals surface area (Å²) in [6.45, 7) is 0.485. The van der Waals surface area contributed by atoms with Gasteiger partial charge in [0, 0.05) is 24.7 Å². The number of piperidine rings is 1. The monoisotopic (exact) mass is 423 g/mol. The van der Waals surface area contributed by atoms with Gasteiger partial charge >= 0.3 is 0 Å². The zero-order valence-corrected chi connectivity index (χ0v) is 16.6. The topological polar surface area (TPSA) is 127 Å². The van der Waals surface area contributed by atoms with Crippen LogP contribution in [0.15, 0.2) is 64.4 Å². The van der Waals surface area contributed by atoms with Gasteiger partial charge in [0.15, 0.2) is 0 Å². The third-order valence-electron chi connectivity index (χ3n) is 4.64. The minimum atomic E-state index is -3.86. The number of carbonyl (C=O) groups excluding carboxylic acids is 1. The van der Waals surface area contributed by atoms with E-state index in [1.165, 1.54) is 22.5 Å². The Hall–Kier alpha value is -2.27. The number of sulfonamides is 2. The van der Waals surface area contributed by atoms with Crippen molar-refractivity contribution in [2.75, 3.05) is 18.4 Å². The molecule has 2 aromatic carbocycles. The molecule has 3 rings (SSSR count). The average Bonchev–Trinajstić information content (AvgIpc) is 2.68. The Morgan fingerprint density at radius 3 is 2.14 bits per heavy atom. The van der Waals surface area contributed by atoms with Gasteiger partial charge < -0.3 is 5.32 Å². The van der Waals surface area contributed by atoms with Crippen molar-refractivity contribution in [2.45, 2.75) is 22.6 Å². The number of primary sulfonamides is 1. The van der Waals surface area contributed by atoms with E-state index >= 15 is 0 Å². The number of amides is 1. The number of hydrogen-bond acceptors (Lipinski definition) is 5. The van der Waals surface area contributed by atoms with Crippen LogP contribution in [-0.4, -0.2) is 40.1 Å². The van der Waals surface area contributed by atoms with Crippen LogP contribution in [0.5, 0.6) is 0 Å². The molecule has 0 bridgehead atoms. The molecule has 1 aliphatic rings. The first-order chi connectivity index (χ1) is 13.2. The molecule has 28 heavy (non-hydrogen) atoms. The molecular formula is C18H21N3O5S2. The summed E-state index contributed by atoms with van der Waals surface area (Å²) in [6.07, 6.45) is 0.763. The number of nitrogens with zero attached hydrogens (tertiary/aromatic N) is 1. The first-order valence-corrected chi connectivity index (χ1v) is 11.7. The molecule has 1 aliphatic heterocycles. The van der Waals surface area contributed by atoms with E-state index in [2.05, 4.69) is 5.32 Å². The summed E-state index contributed by atoms with van der Waals surface area (Å²) in [7, 11) is -7.43. The van der Waals surface area contributed by atoms with Crippen LogP contribution in [0.1, 0.15) is 12.8 Å². The number of carbonyl (C=O) groups is 1. The van der Waals surface area contributed by atoms with Gasteiger partial charge in [0.05, 0.1) is 9.79 Å². The average molecular weight is 424 g/mol. The number of nitrogens with one attached hydrogen (secondary N) is 1. The maximum atomic E-state index is 12.6. The van der Waals surface area contributed by atoms with Gasteiger partial charge in [-0.05, 0) is 43.2 Å². The summed E-state index contributed by atoms with van der Waals surface area (Å²) in [4.78, 5) is 12.6. The van der Waals surface area contributed by atoms with E-state index in [1.807, 2.05) is 0 Å². The highest BCUT2D eigenvalue weighted by Crippen LogP contribution is 2.25. The van der Waals surface area contributed by atoms with Gasteiger partial charge in [-0.15, -0.1) is 0 Å². The lowest BCUT2D eigenvalue weighted by Crippen LogP contribution is -2.41. The van der Waals surface area contributed by atoms with Crippen LogP contribution in [0.4, 0.5) is 5.69 Å². The van der Waals surface area contributed by atoms with Crippen LogP contribution < -0.4 is 10.5 Å². The second-order valence-electron chi connectivity index (χ2n) is 6.55. The molecule has 0 saturated carbocycles. The van der Waals surface area contributed by atoms with Crippen molar-refractivity contribution in [1.82, 2.24) is 4.31 Å². The summed E-state index contributed by atoms with van der Waals surface area (Å²) < 4.78 is 49.5. The highest BCUT2D eigenvalue weighted by atomic mass is 32.2. The van der Waals surface area contributed by atoms with E-state index < -0.39 is 20.0 Å². The number of benzene rings is 2. The molecule has 0 unspecified atom stereocenters. The second-order valence-corrected chi connectivity index (χ2v) is 10.1. The smallest absolute Gasteiger partial charge is 0.243 e. The summed E-state index contributed by atoms with van der Waals surface area (Å²) in [5.41, 5.74) is 0.330. The molecule has 0 aliphatic carbocycles. The Morgan fingerprint density at radius 2 is 1.54 bits per heavy atom. The van der Waals surface area contributed by atoms with E-state index in [0.717, 1.165) is 0 Å². The molecule has 0 atom stereocenters. The number of nitrogens with two attached hydrogens (primary N) is 1. The van der Waals surface area contributed by atoms with E-state index in [9.17, 15) is 21.6 Å². The minimum Gasteiger partial charge on any atom is -0.326 e. The lowest BCUT2D eigenvalue weighted by Gasteiger charge is -2.30. The van der Waals surface area contributed by atoms with Gasteiger partial charge in [-0.1, -0.05) is 24.3 Å². The van der Waals surface area contributed by atoms with Crippen molar-refractivity contribution in [2.24, 2.45) is 11.1 Å². The van der Waals surface area contributed by atoms with Gasteiger partial charge in [0.2, 0.25) is 26.0 Å². The maximum absolute atomic E-state index is 12.6. The van der Waals surface area contributed by atoms with Crippen molar-refractivity contribution < 1.29 is 21.6 Å². The van der Waals surface area contributed by atoms with E-state index in [0.29, 0.717) is 18.5 Å². The largest absolute Gasteiger partial charge is 0.326 e. The number of rotatable bonds is 5. The standard InChI is InChI=1S/C18H21N3O5S2/c19-27(23,24)17-8-4-5-15(13-17)20-18(22)14-9-11-21(12-10-14)28(25,26)16-6-2-1-3-7-16/h1-8,13-14H,9-12H2,(H,20,22)(H2,19,23,24). The predicted octanol–water partition coefficient (Wildman–Crippen LogP) is 1.37. The summed E-state index contributed by atoms with van der Waals surface area (Å²) in [5.74, 6) is -0.635. The van der Waals surface area contributed by atoms with E-state index in [1.54, 1.807) is 36.4 Å². The Bertz CT molecular complexity index is 1060. The van der Waals surface area contributed by atoms with Crippen molar-refractivity contribution >= 4 is 31.6 Å². The Kier molecular flexibility index (Phi) is 5.84. The molecule has 0 spiro atoms. The second kappa shape index (κ2) is 8.00. The third kappa shape index (κ3) is 4.58. The van der Waals surface area contributed by atoms with Crippen LogP contribution in [0.2, 0.25) is 0 Å². The molecule has 1 heterocycles. The van der Waals surface area contributed by atoms with Crippen LogP contribution >= 0.6 is 0 Å². The van der Waals surface area contributed by atoms with E-state index in [4.69, 9.17) is 5.14 Å². The molecule has 8 nitrogen and oxygen atoms in total. The van der Waals surface area contributed by atoms with Gasteiger partial charge in [0.25, 0.3) is 0 Å². The lowest BCUT2D eigenvalue weighted by molar-refractivity contribution is -0.120. The predicted molar refractivity (Wildman–Crippen MR) is 104 cm³/mol. The Morgan fingerprint density at radius 1 is 0.929 bits per heavy atom. The number of hydrogen-bond donors (Lipinski definition) is 2. The van der Waals surface area contributed by atoms with Gasteiger partial charge in [0.1, 0.15) is 0 Å². The van der Waals surface area contributed by atoms with Crippen molar-refractivity contribution in [3.05, 3.63) is 54.6 Å². The van der Waals surface area contributed by atoms with Gasteiger partial charge in [-0.2, -0.15) is 4.31 Å². The zero-order valence-electron chi connectivity index (χ0n) is 15.0. The zero-order chi connectivity index (χ0) is 20.4. The Balaban J connectivity index is 1.63. The molecule has 2 aromatic rings. The van der Waals surface area contributed by atoms with Crippen LogP contribution in [0, 0.1) is 5.92 Å². The minimum absolute atomic E-state index is 0.0888. The summed E-state index contributed by atoms with van der Waals surface area (Å²) in [6, 6.07) is 13.9. The third-order valence-corrected chi connectivity index (χ3v) is 7.46. The SMILES string of the molecule is NS(=O)(=O)c1cccc(NC(=O)C2CCN(S(=O)(=O)c3ccccc3)CC2)c1. The molecule has 150 valence electrons. The van der Waals surface area contributed by atoms with E-state index in [-0.39, 0.29) is 34.7 Å². The normalized spacial score (nSPS) is 16.6. The van der Waals surface area contributed by atoms with Crippen LogP contribution in [0.25, 0.3) is 0 Å². The van der Waals surface area contributed by atoms with Crippen LogP contribution in [0.3, 0.4) is 0 Å². The highest BCUT2D eigenvalue weighted by molar-refractivity contribution is 7.89. The number of anilines is 1. The van der Waals surface area contributed by atoms with Crippen molar-refractivity contribution in [1.29, 1.82) is 0 Å². The molecule has 10 heteroatoms. The Labute approximate surface area is 164 Å². The lowest BCUT2D eigenvalue weighted by atomic mass is 9.97. The highest BCUT2D eigenvalue weighted by Gasteiger charge is 2.32. The molecular weight excluding hydrogens is 402 g/mol. The molecule has 0 radical (unpaired) electrons. The maximum Gasteiger partial charge on any atom is 0.243 e. The molecule has 1 amide bonds. The fraction of sp³-hybridized carbons (Fsp3) is 0.278. The molecule has 3 N–H and O–H groups in total. The molecule has 1 saturated heterocycles. The van der Waals surface area contributed by atoms with Crippen LogP contribution in [-0.2, 0) is 24.8 Å². The first kappa shape index (κ1) is 20.5. The fourth-order valence-corrected chi connectivity index (χ4v) is 5.15. The summed E-state index contributed by atoms with van der Waals surface area (Å²) >= 11 is 0. The van der Waals surface area contributed by atoms with Gasteiger partial charge in [-0.3, -0.25) is 4.79 Å². The quantitative estimate of drug-likeness (QED) is 0.751. The van der Waals surface area contributed by atoms with Crippen molar-refractivity contribution in [3.8, 4) is 0 Å². The summed E-state index contributed by atoms with van der Waals surface area (Å²) in [5, 5.41) is 7.78. The van der Waals surface area contributed by atoms with Gasteiger partial charge in [-0.25, -0.2) is 22.0 Å². The first-order valence-electron chi connectivity index (χ1n) is 8.67. The molecule has 0 aromatic heterocycles. The molecule has 1 fully saturated rings. The van der Waals surface area contributed by atoms with Crippen molar-refractivity contribution in [3.63, 3.8) is 0 Å².